The SMILES string of the molecule is CC1(C)C(=O)NCCN1C(=O)c1cn2nc(-c3ccc(F)cc3)cc(-c3cn[nH]c3)c2n1. The minimum Gasteiger partial charge on any atom is -0.352 e. The third-order valence-electron chi connectivity index (χ3n) is 5.69. The van der Waals surface area contributed by atoms with Crippen molar-refractivity contribution in [2.45, 2.75) is 19.4 Å². The van der Waals surface area contributed by atoms with Gasteiger partial charge in [-0.15, -0.1) is 0 Å². The molecule has 1 aliphatic rings. The molecule has 0 aliphatic carbocycles. The summed E-state index contributed by atoms with van der Waals surface area (Å²) >= 11 is 0. The van der Waals surface area contributed by atoms with E-state index in [1.54, 1.807) is 44.6 Å². The predicted octanol–water partition coefficient (Wildman–Crippen LogP) is 2.28. The van der Waals surface area contributed by atoms with E-state index in [0.717, 1.165) is 5.56 Å². The molecule has 9 nitrogen and oxygen atoms in total. The summed E-state index contributed by atoms with van der Waals surface area (Å²) in [4.78, 5) is 31.7. The first-order valence-corrected chi connectivity index (χ1v) is 10.1. The average molecular weight is 433 g/mol. The molecule has 3 aromatic heterocycles. The molecule has 0 unspecified atom stereocenters. The molecule has 1 aliphatic heterocycles. The fraction of sp³-hybridized carbons (Fsp3) is 0.227. The molecular weight excluding hydrogens is 413 g/mol. The van der Waals surface area contributed by atoms with Crippen molar-refractivity contribution in [2.75, 3.05) is 13.1 Å². The Kier molecular flexibility index (Phi) is 4.50. The molecule has 32 heavy (non-hydrogen) atoms. The highest BCUT2D eigenvalue weighted by Gasteiger charge is 2.41. The minimum absolute atomic E-state index is 0.182. The predicted molar refractivity (Wildman–Crippen MR) is 114 cm³/mol. The first-order valence-electron chi connectivity index (χ1n) is 10.1. The van der Waals surface area contributed by atoms with Gasteiger partial charge in [0.25, 0.3) is 5.91 Å². The van der Waals surface area contributed by atoms with Crippen LogP contribution in [-0.2, 0) is 4.79 Å². The van der Waals surface area contributed by atoms with Crippen molar-refractivity contribution in [3.63, 3.8) is 0 Å². The Labute approximate surface area is 182 Å². The number of benzene rings is 1. The van der Waals surface area contributed by atoms with Crippen LogP contribution in [0, 0.1) is 5.82 Å². The van der Waals surface area contributed by atoms with Gasteiger partial charge in [0.2, 0.25) is 5.91 Å². The number of carbonyl (C=O) groups is 2. The lowest BCUT2D eigenvalue weighted by atomic mass is 9.98. The molecule has 1 fully saturated rings. The summed E-state index contributed by atoms with van der Waals surface area (Å²) in [5.41, 5.74) is 2.44. The van der Waals surface area contributed by atoms with Gasteiger partial charge in [0, 0.05) is 36.0 Å². The van der Waals surface area contributed by atoms with E-state index in [1.165, 1.54) is 21.5 Å². The summed E-state index contributed by atoms with van der Waals surface area (Å²) in [6.45, 7) is 4.18. The summed E-state index contributed by atoms with van der Waals surface area (Å²) in [6.07, 6.45) is 4.92. The molecule has 0 saturated carbocycles. The number of H-pyrrole nitrogens is 1. The second kappa shape index (κ2) is 7.26. The van der Waals surface area contributed by atoms with E-state index in [-0.39, 0.29) is 23.3 Å². The summed E-state index contributed by atoms with van der Waals surface area (Å²) in [5.74, 6) is -0.901. The number of hydrogen-bond acceptors (Lipinski definition) is 5. The van der Waals surface area contributed by atoms with Gasteiger partial charge in [-0.2, -0.15) is 10.2 Å². The normalized spacial score (nSPS) is 15.7. The highest BCUT2D eigenvalue weighted by molar-refractivity contribution is 5.99. The first kappa shape index (κ1) is 19.9. The van der Waals surface area contributed by atoms with Crippen molar-refractivity contribution in [2.24, 2.45) is 0 Å². The number of amides is 2. The Bertz CT molecular complexity index is 1330. The average Bonchev–Trinajstić information content (AvgIpc) is 3.45. The second-order valence-corrected chi connectivity index (χ2v) is 8.10. The number of aromatic amines is 1. The number of imidazole rings is 1. The summed E-state index contributed by atoms with van der Waals surface area (Å²) in [7, 11) is 0. The summed E-state index contributed by atoms with van der Waals surface area (Å²) in [6, 6.07) is 7.84. The van der Waals surface area contributed by atoms with Crippen molar-refractivity contribution in [1.82, 2.24) is 35.0 Å². The zero-order valence-electron chi connectivity index (χ0n) is 17.5. The van der Waals surface area contributed by atoms with Gasteiger partial charge >= 0.3 is 0 Å². The number of hydrogen-bond donors (Lipinski definition) is 2. The highest BCUT2D eigenvalue weighted by atomic mass is 19.1. The van der Waals surface area contributed by atoms with E-state index in [2.05, 4.69) is 25.6 Å². The van der Waals surface area contributed by atoms with Crippen molar-refractivity contribution in [3.8, 4) is 22.4 Å². The van der Waals surface area contributed by atoms with Crippen LogP contribution in [0.5, 0.6) is 0 Å². The number of aromatic nitrogens is 5. The van der Waals surface area contributed by atoms with E-state index in [9.17, 15) is 14.0 Å². The standard InChI is InChI=1S/C22H20FN7O2/c1-22(2)21(32)24-7-8-29(22)20(31)18-12-30-19(27-18)16(14-10-25-26-11-14)9-17(28-30)13-3-5-15(23)6-4-13/h3-6,9-12H,7-8H2,1-2H3,(H,24,32)(H,25,26). The van der Waals surface area contributed by atoms with Gasteiger partial charge in [0.1, 0.15) is 17.1 Å². The largest absolute Gasteiger partial charge is 0.352 e. The Balaban J connectivity index is 1.64. The van der Waals surface area contributed by atoms with Gasteiger partial charge in [-0.1, -0.05) is 0 Å². The van der Waals surface area contributed by atoms with Crippen molar-refractivity contribution < 1.29 is 14.0 Å². The second-order valence-electron chi connectivity index (χ2n) is 8.10. The monoisotopic (exact) mass is 433 g/mol. The minimum atomic E-state index is -0.995. The molecule has 0 atom stereocenters. The van der Waals surface area contributed by atoms with Crippen molar-refractivity contribution in [1.29, 1.82) is 0 Å². The summed E-state index contributed by atoms with van der Waals surface area (Å²) in [5, 5.41) is 14.2. The highest BCUT2D eigenvalue weighted by Crippen LogP contribution is 2.29. The molecule has 5 rings (SSSR count). The molecule has 0 radical (unpaired) electrons. The maximum Gasteiger partial charge on any atom is 0.275 e. The van der Waals surface area contributed by atoms with Gasteiger partial charge in [-0.05, 0) is 44.2 Å². The molecular formula is C22H20FN7O2. The van der Waals surface area contributed by atoms with Crippen molar-refractivity contribution in [3.05, 3.63) is 60.4 Å². The van der Waals surface area contributed by atoms with E-state index in [0.29, 0.717) is 35.6 Å². The third-order valence-corrected chi connectivity index (χ3v) is 5.69. The molecule has 2 N–H and O–H groups in total. The Hall–Kier alpha value is -4.08. The summed E-state index contributed by atoms with van der Waals surface area (Å²) < 4.78 is 14.9. The van der Waals surface area contributed by atoms with E-state index < -0.39 is 5.54 Å². The van der Waals surface area contributed by atoms with E-state index >= 15 is 0 Å². The first-order chi connectivity index (χ1) is 15.3. The van der Waals surface area contributed by atoms with Gasteiger partial charge in [-0.3, -0.25) is 14.7 Å². The molecule has 0 spiro atoms. The number of carbonyl (C=O) groups excluding carboxylic acids is 2. The van der Waals surface area contributed by atoms with Crippen LogP contribution in [0.2, 0.25) is 0 Å². The lowest BCUT2D eigenvalue weighted by Crippen LogP contribution is -2.63. The van der Waals surface area contributed by atoms with Gasteiger partial charge in [0.15, 0.2) is 5.65 Å². The Morgan fingerprint density at radius 3 is 2.69 bits per heavy atom. The van der Waals surface area contributed by atoms with Crippen LogP contribution in [0.3, 0.4) is 0 Å². The fourth-order valence-electron chi connectivity index (χ4n) is 3.85. The smallest absolute Gasteiger partial charge is 0.275 e. The number of fused-ring (bicyclic) bond motifs is 1. The van der Waals surface area contributed by atoms with Crippen LogP contribution < -0.4 is 5.32 Å². The van der Waals surface area contributed by atoms with E-state index in [1.807, 2.05) is 6.07 Å². The van der Waals surface area contributed by atoms with Crippen LogP contribution >= 0.6 is 0 Å². The molecule has 0 bridgehead atoms. The topological polar surface area (TPSA) is 108 Å². The van der Waals surface area contributed by atoms with Crippen LogP contribution in [0.1, 0.15) is 24.3 Å². The van der Waals surface area contributed by atoms with Crippen LogP contribution in [0.25, 0.3) is 28.0 Å². The Morgan fingerprint density at radius 2 is 1.97 bits per heavy atom. The Morgan fingerprint density at radius 1 is 1.19 bits per heavy atom. The third kappa shape index (κ3) is 3.20. The van der Waals surface area contributed by atoms with Gasteiger partial charge < -0.3 is 10.2 Å². The fourth-order valence-corrected chi connectivity index (χ4v) is 3.85. The molecule has 1 aromatic carbocycles. The number of nitrogens with zero attached hydrogens (tertiary/aromatic N) is 5. The number of piperazine rings is 1. The molecule has 4 aromatic rings. The lowest BCUT2D eigenvalue weighted by Gasteiger charge is -2.40. The zero-order chi connectivity index (χ0) is 22.5. The number of nitrogens with one attached hydrogen (secondary N) is 2. The van der Waals surface area contributed by atoms with Crippen LogP contribution in [0.4, 0.5) is 4.39 Å². The molecule has 10 heteroatoms. The molecule has 2 amide bonds. The van der Waals surface area contributed by atoms with Gasteiger partial charge in [-0.25, -0.2) is 13.9 Å². The maximum absolute atomic E-state index is 13.4. The van der Waals surface area contributed by atoms with Crippen LogP contribution in [-0.4, -0.2) is 60.1 Å². The lowest BCUT2D eigenvalue weighted by molar-refractivity contribution is -0.133. The zero-order valence-corrected chi connectivity index (χ0v) is 17.5. The molecule has 1 saturated heterocycles. The quantitative estimate of drug-likeness (QED) is 0.515. The van der Waals surface area contributed by atoms with Crippen molar-refractivity contribution >= 4 is 17.5 Å². The van der Waals surface area contributed by atoms with E-state index in [4.69, 9.17) is 0 Å². The van der Waals surface area contributed by atoms with Crippen LogP contribution in [0.15, 0.2) is 48.9 Å². The molecule has 4 heterocycles. The maximum atomic E-state index is 13.4. The molecule has 162 valence electrons. The number of rotatable bonds is 3. The van der Waals surface area contributed by atoms with Gasteiger partial charge in [0.05, 0.1) is 18.1 Å². The number of halogens is 1.